The Hall–Kier alpha value is -4.64. The van der Waals surface area contributed by atoms with E-state index in [9.17, 15) is 15.0 Å². The molecule has 2 aromatic carbocycles. The van der Waals surface area contributed by atoms with Crippen molar-refractivity contribution in [3.63, 3.8) is 0 Å². The van der Waals surface area contributed by atoms with Gasteiger partial charge in [-0.3, -0.25) is 15.1 Å². The van der Waals surface area contributed by atoms with E-state index in [1.54, 1.807) is 0 Å². The third-order valence-corrected chi connectivity index (χ3v) is 13.0. The van der Waals surface area contributed by atoms with Crippen LogP contribution in [0.2, 0.25) is 0 Å². The first-order valence-corrected chi connectivity index (χ1v) is 20.2. The zero-order valence-corrected chi connectivity index (χ0v) is 31.5. The van der Waals surface area contributed by atoms with Crippen molar-refractivity contribution in [2.75, 3.05) is 13.1 Å². The van der Waals surface area contributed by atoms with E-state index in [1.165, 1.54) is 5.56 Å². The predicted octanol–water partition coefficient (Wildman–Crippen LogP) is 5.71. The number of hydrogen-bond acceptors (Lipinski definition) is 9. The second kappa shape index (κ2) is 14.8. The van der Waals surface area contributed by atoms with E-state index in [-0.39, 0.29) is 24.3 Å². The van der Waals surface area contributed by atoms with Gasteiger partial charge in [0.05, 0.1) is 35.9 Å². The average molecular weight is 739 g/mol. The molecule has 7 aliphatic rings. The Labute approximate surface area is 323 Å². The molecule has 1 fully saturated rings. The van der Waals surface area contributed by atoms with Crippen molar-refractivity contribution in [1.29, 1.82) is 0 Å². The fraction of sp³-hybridized carbons (Fsp3) is 0.478. The third kappa shape index (κ3) is 6.93. The van der Waals surface area contributed by atoms with Crippen LogP contribution in [0.25, 0.3) is 0 Å². The van der Waals surface area contributed by atoms with Gasteiger partial charge in [-0.05, 0) is 90.0 Å². The standard InChI is InChI=1S/C46H50N4O5/c1-28-4-8-30(9-5-28)41(53)24-32(51)10-6-29-7-15-42-43(22-29)55-45-38(46(19-21-54-42)17-2-3-18-46)13-14-40(52)34-11-12-35-33(16-20-48-44(35)47)36(34)23-31-25-49-39-27-50(45)26-37(31)39/h4,7-8,11-12,15,22,25-26,28,30,38,40-41,44-45,48,52-53H,2-3,5-6,9-10,16-18,20,23-24,27,47H2,1H3. The number of nitrogens with one attached hydrogen (secondary N) is 1. The first kappa shape index (κ1) is 36.0. The highest BCUT2D eigenvalue weighted by Crippen LogP contribution is 2.49. The van der Waals surface area contributed by atoms with Crippen molar-refractivity contribution >= 4 is 11.5 Å². The van der Waals surface area contributed by atoms with Gasteiger partial charge in [-0.1, -0.05) is 67.9 Å². The van der Waals surface area contributed by atoms with Gasteiger partial charge in [0.15, 0.2) is 17.7 Å². The van der Waals surface area contributed by atoms with Gasteiger partial charge in [-0.25, -0.2) is 0 Å². The molecule has 284 valence electrons. The summed E-state index contributed by atoms with van der Waals surface area (Å²) < 4.78 is 13.3. The maximum Gasteiger partial charge on any atom is 0.187 e. The van der Waals surface area contributed by atoms with Crippen LogP contribution in [0.3, 0.4) is 0 Å². The molecule has 5 heterocycles. The van der Waals surface area contributed by atoms with Crippen molar-refractivity contribution in [2.24, 2.45) is 33.9 Å². The molecule has 0 amide bonds. The largest absolute Gasteiger partial charge is 0.465 e. The Morgan fingerprint density at radius 2 is 1.96 bits per heavy atom. The van der Waals surface area contributed by atoms with E-state index >= 15 is 0 Å². The van der Waals surface area contributed by atoms with Gasteiger partial charge in [0.1, 0.15) is 18.0 Å². The number of ether oxygens (including phenoxy) is 2. The maximum absolute atomic E-state index is 13.1. The quantitative estimate of drug-likeness (QED) is 0.219. The highest BCUT2D eigenvalue weighted by Gasteiger charge is 2.48. The number of aliphatic hydroxyl groups is 2. The zero-order chi connectivity index (χ0) is 37.7. The molecule has 5 N–H and O–H groups in total. The summed E-state index contributed by atoms with van der Waals surface area (Å²) in [4.78, 5) is 20.2. The second-order valence-corrected chi connectivity index (χ2v) is 16.6. The topological polar surface area (TPSA) is 130 Å². The summed E-state index contributed by atoms with van der Waals surface area (Å²) in [7, 11) is 0. The van der Waals surface area contributed by atoms with E-state index in [1.807, 2.05) is 36.5 Å². The molecule has 5 aliphatic heterocycles. The van der Waals surface area contributed by atoms with E-state index in [2.05, 4.69) is 59.4 Å². The highest BCUT2D eigenvalue weighted by atomic mass is 16.5. The Kier molecular flexibility index (Phi) is 9.68. The van der Waals surface area contributed by atoms with Crippen LogP contribution in [-0.4, -0.2) is 52.0 Å². The SMILES string of the molecule is CC1C=CC(C(O)CC(=O)CCc2ccc3c(c2)OC2C(C#CC(O)c4ccc5c(c4CC4=CN=C6CN2C=C46)CCNC5N)C2(C#CO3)CCCC2)CC1. The molecule has 9 heteroatoms. The van der Waals surface area contributed by atoms with E-state index in [0.29, 0.717) is 43.2 Å². The monoisotopic (exact) mass is 738 g/mol. The number of benzene rings is 2. The summed E-state index contributed by atoms with van der Waals surface area (Å²) in [5.74, 6) is 11.7. The minimum absolute atomic E-state index is 0.0348. The van der Waals surface area contributed by atoms with E-state index in [4.69, 9.17) is 20.2 Å². The van der Waals surface area contributed by atoms with Crippen LogP contribution in [-0.2, 0) is 24.1 Å². The second-order valence-electron chi connectivity index (χ2n) is 16.6. The number of Topliss-reactive ketones (excluding diaryl/α,β-unsaturated/α-hetero) is 1. The van der Waals surface area contributed by atoms with Gasteiger partial charge in [-0.15, -0.1) is 0 Å². The Morgan fingerprint density at radius 1 is 1.11 bits per heavy atom. The first-order chi connectivity index (χ1) is 26.7. The number of allylic oxidation sites excluding steroid dienone is 2. The Balaban J connectivity index is 1.05. The van der Waals surface area contributed by atoms with E-state index < -0.39 is 29.8 Å². The Morgan fingerprint density at radius 3 is 2.80 bits per heavy atom. The molecule has 7 atom stereocenters. The van der Waals surface area contributed by atoms with Crippen molar-refractivity contribution < 1.29 is 24.5 Å². The van der Waals surface area contributed by atoms with Crippen LogP contribution in [0, 0.1) is 47.0 Å². The van der Waals surface area contributed by atoms with Crippen molar-refractivity contribution in [2.45, 2.75) is 102 Å². The number of aliphatic hydroxyl groups excluding tert-OH is 2. The van der Waals surface area contributed by atoms with Gasteiger partial charge in [0.25, 0.3) is 0 Å². The van der Waals surface area contributed by atoms with Crippen LogP contribution in [0.1, 0.15) is 98.4 Å². The van der Waals surface area contributed by atoms with Gasteiger partial charge in [-0.2, -0.15) is 0 Å². The molecule has 0 saturated heterocycles. The lowest BCUT2D eigenvalue weighted by Crippen LogP contribution is -2.47. The lowest BCUT2D eigenvalue weighted by molar-refractivity contribution is -0.121. The molecule has 1 spiro atoms. The van der Waals surface area contributed by atoms with Crippen LogP contribution in [0.5, 0.6) is 11.5 Å². The normalized spacial score (nSPS) is 28.8. The Bertz CT molecular complexity index is 2140. The molecular weight excluding hydrogens is 689 g/mol. The number of rotatable bonds is 6. The lowest BCUT2D eigenvalue weighted by Gasteiger charge is -2.39. The van der Waals surface area contributed by atoms with E-state index in [0.717, 1.165) is 90.6 Å². The molecular formula is C46H50N4O5. The number of aliphatic imine (C=N–C) groups is 1. The maximum atomic E-state index is 13.1. The lowest BCUT2D eigenvalue weighted by atomic mass is 9.73. The van der Waals surface area contributed by atoms with Crippen molar-refractivity contribution in [1.82, 2.24) is 10.2 Å². The molecule has 0 aromatic heterocycles. The minimum atomic E-state index is -1.02. The van der Waals surface area contributed by atoms with Gasteiger partial charge >= 0.3 is 0 Å². The number of nitrogens with two attached hydrogens (primary N) is 1. The van der Waals surface area contributed by atoms with Gasteiger partial charge < -0.3 is 30.3 Å². The smallest absolute Gasteiger partial charge is 0.187 e. The molecule has 2 aromatic rings. The minimum Gasteiger partial charge on any atom is -0.465 e. The summed E-state index contributed by atoms with van der Waals surface area (Å²) in [6.07, 6.45) is 17.1. The van der Waals surface area contributed by atoms with Crippen LogP contribution in [0.4, 0.5) is 0 Å². The van der Waals surface area contributed by atoms with Crippen molar-refractivity contribution in [3.05, 3.63) is 93.8 Å². The molecule has 2 bridgehead atoms. The molecule has 55 heavy (non-hydrogen) atoms. The number of carbonyl (C=O) groups excluding carboxylic acids is 1. The third-order valence-electron chi connectivity index (χ3n) is 13.0. The first-order valence-electron chi connectivity index (χ1n) is 20.2. The van der Waals surface area contributed by atoms with Gasteiger partial charge in [0.2, 0.25) is 0 Å². The van der Waals surface area contributed by atoms with Crippen LogP contribution >= 0.6 is 0 Å². The fourth-order valence-corrected chi connectivity index (χ4v) is 9.73. The number of nitrogens with zero attached hydrogens (tertiary/aromatic N) is 2. The summed E-state index contributed by atoms with van der Waals surface area (Å²) in [6.45, 7) is 3.51. The molecule has 2 aliphatic carbocycles. The number of ketones is 1. The molecule has 0 radical (unpaired) electrons. The summed E-state index contributed by atoms with van der Waals surface area (Å²) in [6, 6.07) is 9.82. The average Bonchev–Trinajstić information content (AvgIpc) is 3.93. The number of hydrogen-bond donors (Lipinski definition) is 4. The molecule has 1 saturated carbocycles. The number of aryl methyl sites for hydroxylation is 1. The number of carbonyl (C=O) groups is 1. The highest BCUT2D eigenvalue weighted by molar-refractivity contribution is 6.09. The fourth-order valence-electron chi connectivity index (χ4n) is 9.73. The van der Waals surface area contributed by atoms with Crippen LogP contribution in [0.15, 0.2) is 71.0 Å². The molecule has 9 rings (SSSR count). The van der Waals surface area contributed by atoms with Crippen LogP contribution < -0.4 is 20.5 Å². The van der Waals surface area contributed by atoms with Gasteiger partial charge in [0, 0.05) is 49.7 Å². The summed E-state index contributed by atoms with van der Waals surface area (Å²) in [5, 5.41) is 26.1. The molecule has 9 nitrogen and oxygen atoms in total. The predicted molar refractivity (Wildman–Crippen MR) is 210 cm³/mol. The summed E-state index contributed by atoms with van der Waals surface area (Å²) in [5.41, 5.74) is 14.2. The molecule has 7 unspecified atom stereocenters. The zero-order valence-electron chi connectivity index (χ0n) is 31.5. The summed E-state index contributed by atoms with van der Waals surface area (Å²) >= 11 is 0. The number of fused-ring (bicyclic) bond motifs is 8. The van der Waals surface area contributed by atoms with Crippen molar-refractivity contribution in [3.8, 4) is 35.4 Å².